The van der Waals surface area contributed by atoms with E-state index in [-0.39, 0.29) is 23.2 Å². The highest BCUT2D eigenvalue weighted by Crippen LogP contribution is 2.53. The van der Waals surface area contributed by atoms with Crippen LogP contribution in [-0.4, -0.2) is 40.5 Å². The van der Waals surface area contributed by atoms with Crippen LogP contribution in [0, 0.1) is 17.5 Å². The lowest BCUT2D eigenvalue weighted by atomic mass is 9.65. The number of phenolic OH excluding ortho intramolecular Hbond substituents is 1. The molecule has 7 nitrogen and oxygen atoms in total. The van der Waals surface area contributed by atoms with Gasteiger partial charge in [-0.3, -0.25) is 0 Å². The summed E-state index contributed by atoms with van der Waals surface area (Å²) >= 11 is 0. The third kappa shape index (κ3) is 4.02. The number of amides is 1. The molecule has 1 aliphatic rings. The van der Waals surface area contributed by atoms with E-state index in [2.05, 4.69) is 5.32 Å². The fraction of sp³-hybridized carbons (Fsp3) is 0.214. The summed E-state index contributed by atoms with van der Waals surface area (Å²) in [6.07, 6.45) is 1.21. The van der Waals surface area contributed by atoms with Gasteiger partial charge in [0, 0.05) is 35.5 Å². The van der Waals surface area contributed by atoms with Crippen LogP contribution in [0.2, 0.25) is 0 Å². The summed E-state index contributed by atoms with van der Waals surface area (Å²) in [6.45, 7) is -0.0733. The SMILES string of the molecule is CNC(=O)OCC1(c2c(-c3ccc(C(=O)O)cc3)c3c(O)c(F)ccc3n2-c2ccc(F)c(F)c2)CCC1. The summed E-state index contributed by atoms with van der Waals surface area (Å²) in [6, 6.07) is 11.7. The summed E-state index contributed by atoms with van der Waals surface area (Å²) in [5, 5.41) is 22.8. The number of ether oxygens (including phenoxy) is 1. The second-order valence-electron chi connectivity index (χ2n) is 9.29. The number of fused-ring (bicyclic) bond motifs is 1. The second-order valence-corrected chi connectivity index (χ2v) is 9.29. The van der Waals surface area contributed by atoms with Crippen molar-refractivity contribution in [1.29, 1.82) is 0 Å². The van der Waals surface area contributed by atoms with E-state index in [0.717, 1.165) is 24.6 Å². The van der Waals surface area contributed by atoms with Crippen molar-refractivity contribution in [3.63, 3.8) is 0 Å². The quantitative estimate of drug-likeness (QED) is 0.292. The number of hydrogen-bond donors (Lipinski definition) is 3. The number of aromatic carboxylic acids is 1. The Bertz CT molecular complexity index is 1580. The number of halogens is 3. The van der Waals surface area contributed by atoms with E-state index in [1.165, 1.54) is 43.4 Å². The minimum Gasteiger partial charge on any atom is -0.504 e. The lowest BCUT2D eigenvalue weighted by Gasteiger charge is -2.43. The molecule has 0 radical (unpaired) electrons. The van der Waals surface area contributed by atoms with E-state index in [4.69, 9.17) is 4.74 Å². The minimum absolute atomic E-state index is 0.0244. The van der Waals surface area contributed by atoms with Crippen LogP contribution in [0.4, 0.5) is 18.0 Å². The number of hydrogen-bond acceptors (Lipinski definition) is 4. The average Bonchev–Trinajstić information content (AvgIpc) is 3.23. The number of nitrogens with one attached hydrogen (secondary N) is 1. The highest BCUT2D eigenvalue weighted by molar-refractivity contribution is 6.04. The van der Waals surface area contributed by atoms with Crippen molar-refractivity contribution in [2.24, 2.45) is 0 Å². The van der Waals surface area contributed by atoms with E-state index in [0.29, 0.717) is 35.2 Å². The van der Waals surface area contributed by atoms with Crippen LogP contribution < -0.4 is 5.32 Å². The van der Waals surface area contributed by atoms with Crippen molar-refractivity contribution in [2.75, 3.05) is 13.7 Å². The maximum Gasteiger partial charge on any atom is 0.406 e. The number of carboxylic acid groups (broad SMARTS) is 1. The average molecular weight is 524 g/mol. The lowest BCUT2D eigenvalue weighted by molar-refractivity contribution is 0.0696. The van der Waals surface area contributed by atoms with Crippen molar-refractivity contribution in [1.82, 2.24) is 9.88 Å². The molecule has 5 rings (SSSR count). The van der Waals surface area contributed by atoms with Crippen LogP contribution >= 0.6 is 0 Å². The van der Waals surface area contributed by atoms with Gasteiger partial charge in [-0.25, -0.2) is 22.8 Å². The molecule has 38 heavy (non-hydrogen) atoms. The van der Waals surface area contributed by atoms with Crippen molar-refractivity contribution in [3.8, 4) is 22.6 Å². The monoisotopic (exact) mass is 524 g/mol. The Morgan fingerprint density at radius 3 is 2.26 bits per heavy atom. The van der Waals surface area contributed by atoms with E-state index >= 15 is 0 Å². The van der Waals surface area contributed by atoms with Gasteiger partial charge in [0.25, 0.3) is 0 Å². The van der Waals surface area contributed by atoms with Crippen LogP contribution in [0.25, 0.3) is 27.7 Å². The molecule has 3 aromatic carbocycles. The predicted molar refractivity (Wildman–Crippen MR) is 133 cm³/mol. The van der Waals surface area contributed by atoms with Crippen LogP contribution in [-0.2, 0) is 10.2 Å². The first-order valence-corrected chi connectivity index (χ1v) is 11.9. The highest BCUT2D eigenvalue weighted by Gasteiger charge is 2.46. The molecule has 0 atom stereocenters. The zero-order valence-electron chi connectivity index (χ0n) is 20.2. The summed E-state index contributed by atoms with van der Waals surface area (Å²) in [7, 11) is 1.42. The Morgan fingerprint density at radius 1 is 1.00 bits per heavy atom. The molecular formula is C28H23F3N2O5. The molecule has 1 saturated carbocycles. The molecule has 0 unspecified atom stereocenters. The number of aromatic hydroxyl groups is 1. The molecule has 10 heteroatoms. The van der Waals surface area contributed by atoms with Gasteiger partial charge in [-0.2, -0.15) is 0 Å². The first-order valence-electron chi connectivity index (χ1n) is 11.9. The van der Waals surface area contributed by atoms with Gasteiger partial charge in [-0.05, 0) is 54.8 Å². The number of phenols is 1. The predicted octanol–water partition coefficient (Wildman–Crippen LogP) is 5.90. The number of rotatable bonds is 6. The Balaban J connectivity index is 1.89. The fourth-order valence-electron chi connectivity index (χ4n) is 5.12. The molecule has 1 aliphatic carbocycles. The van der Waals surface area contributed by atoms with Crippen molar-refractivity contribution < 1.29 is 37.7 Å². The Hall–Kier alpha value is -4.47. The number of benzene rings is 3. The van der Waals surface area contributed by atoms with Crippen molar-refractivity contribution in [3.05, 3.63) is 83.3 Å². The molecule has 0 spiro atoms. The van der Waals surface area contributed by atoms with E-state index in [1.54, 1.807) is 4.57 Å². The van der Waals surface area contributed by atoms with Gasteiger partial charge < -0.3 is 24.8 Å². The number of nitrogens with zero attached hydrogens (tertiary/aromatic N) is 1. The first-order chi connectivity index (χ1) is 18.2. The van der Waals surface area contributed by atoms with Gasteiger partial charge in [0.1, 0.15) is 6.61 Å². The molecular weight excluding hydrogens is 501 g/mol. The standard InChI is InChI=1S/C28H23F3N2O5/c1-32-27(37)38-14-28(11-2-12-28)25-22(15-3-5-16(6-4-15)26(35)36)23-21(10-9-19(30)24(23)34)33(25)17-7-8-18(29)20(31)13-17/h3-10,13,34H,2,11-12,14H2,1H3,(H,32,37)(H,35,36). The van der Waals surface area contributed by atoms with E-state index < -0.39 is 40.7 Å². The molecule has 1 amide bonds. The van der Waals surface area contributed by atoms with Crippen molar-refractivity contribution >= 4 is 23.0 Å². The topological polar surface area (TPSA) is 101 Å². The normalized spacial score (nSPS) is 14.2. The number of carbonyl (C=O) groups is 2. The Kier molecular flexibility index (Phi) is 6.26. The van der Waals surface area contributed by atoms with Gasteiger partial charge in [0.15, 0.2) is 23.2 Å². The first kappa shape index (κ1) is 25.2. The van der Waals surface area contributed by atoms with Gasteiger partial charge in [0.05, 0.1) is 16.5 Å². The van der Waals surface area contributed by atoms with Gasteiger partial charge in [-0.15, -0.1) is 0 Å². The van der Waals surface area contributed by atoms with Gasteiger partial charge >= 0.3 is 12.1 Å². The van der Waals surface area contributed by atoms with Crippen molar-refractivity contribution in [2.45, 2.75) is 24.7 Å². The third-order valence-corrected chi connectivity index (χ3v) is 7.14. The second kappa shape index (κ2) is 9.44. The van der Waals surface area contributed by atoms with Crippen LogP contribution in [0.3, 0.4) is 0 Å². The summed E-state index contributed by atoms with van der Waals surface area (Å²) < 4.78 is 50.2. The number of aromatic nitrogens is 1. The Morgan fingerprint density at radius 2 is 1.68 bits per heavy atom. The Labute approximate surface area is 215 Å². The molecule has 1 aromatic heterocycles. The molecule has 0 aliphatic heterocycles. The third-order valence-electron chi connectivity index (χ3n) is 7.14. The number of alkyl carbamates (subject to hydrolysis) is 1. The zero-order chi connectivity index (χ0) is 27.2. The smallest absolute Gasteiger partial charge is 0.406 e. The lowest BCUT2D eigenvalue weighted by Crippen LogP contribution is -2.42. The maximum atomic E-state index is 14.7. The maximum absolute atomic E-state index is 14.7. The molecule has 3 N–H and O–H groups in total. The minimum atomic E-state index is -1.13. The highest BCUT2D eigenvalue weighted by atomic mass is 19.2. The molecule has 0 saturated heterocycles. The van der Waals surface area contributed by atoms with E-state index in [1.807, 2.05) is 0 Å². The number of carboxylic acids is 1. The van der Waals surface area contributed by atoms with Crippen LogP contribution in [0.15, 0.2) is 54.6 Å². The summed E-state index contributed by atoms with van der Waals surface area (Å²) in [5.41, 5.74) is 1.07. The molecule has 1 heterocycles. The van der Waals surface area contributed by atoms with Gasteiger partial charge in [0.2, 0.25) is 0 Å². The van der Waals surface area contributed by atoms with Crippen LogP contribution in [0.5, 0.6) is 5.75 Å². The zero-order valence-corrected chi connectivity index (χ0v) is 20.2. The van der Waals surface area contributed by atoms with E-state index in [9.17, 15) is 33.0 Å². The van der Waals surface area contributed by atoms with Crippen LogP contribution in [0.1, 0.15) is 35.3 Å². The molecule has 4 aromatic rings. The summed E-state index contributed by atoms with van der Waals surface area (Å²) in [4.78, 5) is 23.5. The van der Waals surface area contributed by atoms with Gasteiger partial charge in [-0.1, -0.05) is 18.6 Å². The largest absolute Gasteiger partial charge is 0.504 e. The molecule has 1 fully saturated rings. The molecule has 0 bridgehead atoms. The number of carbonyl (C=O) groups excluding carboxylic acids is 1. The molecule has 196 valence electrons. The fourth-order valence-corrected chi connectivity index (χ4v) is 5.12. The summed E-state index contributed by atoms with van der Waals surface area (Å²) in [5.74, 6) is -4.82.